The number of amidine groups is 1. The van der Waals surface area contributed by atoms with E-state index in [0.29, 0.717) is 33.7 Å². The zero-order chi connectivity index (χ0) is 27.7. The number of fused-ring (bicyclic) bond motifs is 1. The van der Waals surface area contributed by atoms with Crippen LogP contribution in [0.3, 0.4) is 0 Å². The Hall–Kier alpha value is -4.04. The maximum Gasteiger partial charge on any atom is 0.260 e. The van der Waals surface area contributed by atoms with Crippen LogP contribution in [0.1, 0.15) is 28.4 Å². The number of ether oxygens (including phenoxy) is 3. The van der Waals surface area contributed by atoms with Crippen molar-refractivity contribution in [3.05, 3.63) is 77.4 Å². The quantitative estimate of drug-likeness (QED) is 0.267. The van der Waals surface area contributed by atoms with Gasteiger partial charge in [0.2, 0.25) is 5.75 Å². The number of hydrogen-bond acceptors (Lipinski definition) is 7. The fourth-order valence-electron chi connectivity index (χ4n) is 4.79. The maximum atomic E-state index is 14.3. The monoisotopic (exact) mass is 541 g/mol. The highest BCUT2D eigenvalue weighted by Gasteiger charge is 2.34. The van der Waals surface area contributed by atoms with Gasteiger partial charge in [0.05, 0.1) is 43.8 Å². The van der Waals surface area contributed by atoms with Gasteiger partial charge in [-0.25, -0.2) is 9.98 Å². The second-order valence-corrected chi connectivity index (χ2v) is 10.5. The Bertz CT molecular complexity index is 1580. The Morgan fingerprint density at radius 1 is 0.974 bits per heavy atom. The molecule has 8 heteroatoms. The van der Waals surface area contributed by atoms with E-state index < -0.39 is 0 Å². The third-order valence-electron chi connectivity index (χ3n) is 6.79. The van der Waals surface area contributed by atoms with Gasteiger partial charge in [0.25, 0.3) is 5.91 Å². The van der Waals surface area contributed by atoms with E-state index >= 15 is 0 Å². The van der Waals surface area contributed by atoms with Crippen LogP contribution < -0.4 is 14.2 Å². The molecule has 1 aliphatic rings. The molecule has 2 heterocycles. The summed E-state index contributed by atoms with van der Waals surface area (Å²) in [4.78, 5) is 25.9. The summed E-state index contributed by atoms with van der Waals surface area (Å²) in [5, 5.41) is 1.49. The Kier molecular flexibility index (Phi) is 7.48. The number of aromatic nitrogens is 1. The summed E-state index contributed by atoms with van der Waals surface area (Å²) >= 11 is 1.60. The molecular formula is C31H31N3O4S. The molecule has 5 rings (SSSR count). The predicted octanol–water partition coefficient (Wildman–Crippen LogP) is 6.81. The smallest absolute Gasteiger partial charge is 0.260 e. The van der Waals surface area contributed by atoms with Crippen LogP contribution >= 0.6 is 11.8 Å². The summed E-state index contributed by atoms with van der Waals surface area (Å²) in [5.74, 6) is 2.20. The predicted molar refractivity (Wildman–Crippen MR) is 158 cm³/mol. The number of pyridine rings is 1. The second-order valence-electron chi connectivity index (χ2n) is 9.51. The van der Waals surface area contributed by atoms with Crippen molar-refractivity contribution in [3.8, 4) is 28.5 Å². The standard InChI is InChI=1S/C31H31N3O4S/c1-18-11-12-24(19(2)13-18)33-31-34(20(3)17-39-31)30(35)23-16-26(32-25-10-8-7-9-22(23)25)21-14-27(36-4)29(38-6)28(15-21)37-5/h7-16,20H,17H2,1-6H3/t20-/m0/s1. The van der Waals surface area contributed by atoms with E-state index in [1.54, 1.807) is 33.1 Å². The molecule has 0 radical (unpaired) electrons. The number of aryl methyl sites for hydroxylation is 2. The summed E-state index contributed by atoms with van der Waals surface area (Å²) < 4.78 is 16.6. The molecule has 1 aliphatic heterocycles. The molecule has 39 heavy (non-hydrogen) atoms. The highest BCUT2D eigenvalue weighted by molar-refractivity contribution is 8.14. The molecule has 1 atom stereocenters. The second kappa shape index (κ2) is 11.0. The molecule has 0 unspecified atom stereocenters. The minimum atomic E-state index is -0.108. The minimum absolute atomic E-state index is 0.0106. The molecule has 0 N–H and O–H groups in total. The first-order valence-electron chi connectivity index (χ1n) is 12.7. The van der Waals surface area contributed by atoms with E-state index in [1.807, 2.05) is 66.4 Å². The molecule has 1 saturated heterocycles. The van der Waals surface area contributed by atoms with Crippen LogP contribution in [0.5, 0.6) is 17.2 Å². The number of methoxy groups -OCH3 is 3. The zero-order valence-electron chi connectivity index (χ0n) is 22.9. The first-order valence-corrected chi connectivity index (χ1v) is 13.7. The van der Waals surface area contributed by atoms with Crippen molar-refractivity contribution >= 4 is 39.4 Å². The van der Waals surface area contributed by atoms with Crippen LogP contribution in [0.4, 0.5) is 5.69 Å². The Labute approximate surface area is 232 Å². The SMILES string of the molecule is COc1cc(-c2cc(C(=O)N3C(=Nc4ccc(C)cc4C)SC[C@@H]3C)c3ccccc3n2)cc(OC)c1OC. The highest BCUT2D eigenvalue weighted by Crippen LogP contribution is 2.41. The zero-order valence-corrected chi connectivity index (χ0v) is 23.8. The van der Waals surface area contributed by atoms with E-state index in [4.69, 9.17) is 24.2 Å². The van der Waals surface area contributed by atoms with Crippen LogP contribution in [0, 0.1) is 13.8 Å². The molecule has 200 valence electrons. The molecular weight excluding hydrogens is 510 g/mol. The third-order valence-corrected chi connectivity index (χ3v) is 7.99. The fraction of sp³-hybridized carbons (Fsp3) is 0.258. The number of aliphatic imine (C=N–C) groups is 1. The average molecular weight is 542 g/mol. The van der Waals surface area contributed by atoms with Gasteiger partial charge in [-0.05, 0) is 56.7 Å². The van der Waals surface area contributed by atoms with Crippen LogP contribution in [0.2, 0.25) is 0 Å². The molecule has 4 aromatic rings. The number of carbonyl (C=O) groups excluding carboxylic acids is 1. The van der Waals surface area contributed by atoms with Crippen molar-refractivity contribution in [1.82, 2.24) is 9.88 Å². The number of amides is 1. The minimum Gasteiger partial charge on any atom is -0.493 e. The normalized spacial score (nSPS) is 16.1. The number of para-hydroxylation sites is 1. The van der Waals surface area contributed by atoms with Gasteiger partial charge in [-0.3, -0.25) is 9.69 Å². The van der Waals surface area contributed by atoms with Crippen molar-refractivity contribution in [3.63, 3.8) is 0 Å². The lowest BCUT2D eigenvalue weighted by atomic mass is 10.0. The van der Waals surface area contributed by atoms with Gasteiger partial charge in [-0.15, -0.1) is 0 Å². The first-order chi connectivity index (χ1) is 18.8. The highest BCUT2D eigenvalue weighted by atomic mass is 32.2. The molecule has 1 fully saturated rings. The van der Waals surface area contributed by atoms with E-state index in [2.05, 4.69) is 19.9 Å². The van der Waals surface area contributed by atoms with Gasteiger partial charge in [-0.1, -0.05) is 47.7 Å². The van der Waals surface area contributed by atoms with E-state index in [9.17, 15) is 4.79 Å². The summed E-state index contributed by atoms with van der Waals surface area (Å²) in [6.45, 7) is 6.16. The van der Waals surface area contributed by atoms with Crippen LogP contribution in [0.15, 0.2) is 65.7 Å². The van der Waals surface area contributed by atoms with Crippen LogP contribution in [-0.4, -0.2) is 54.1 Å². The third kappa shape index (κ3) is 5.04. The molecule has 7 nitrogen and oxygen atoms in total. The number of carbonyl (C=O) groups is 1. The van der Waals surface area contributed by atoms with E-state index in [-0.39, 0.29) is 11.9 Å². The summed E-state index contributed by atoms with van der Waals surface area (Å²) in [7, 11) is 4.72. The van der Waals surface area contributed by atoms with Crippen molar-refractivity contribution < 1.29 is 19.0 Å². The number of nitrogens with zero attached hydrogens (tertiary/aromatic N) is 3. The molecule has 0 saturated carbocycles. The van der Waals surface area contributed by atoms with Gasteiger partial charge in [0, 0.05) is 22.7 Å². The lowest BCUT2D eigenvalue weighted by molar-refractivity contribution is 0.0830. The van der Waals surface area contributed by atoms with Crippen molar-refractivity contribution in [1.29, 1.82) is 0 Å². The lowest BCUT2D eigenvalue weighted by Gasteiger charge is -2.22. The first kappa shape index (κ1) is 26.6. The van der Waals surface area contributed by atoms with Crippen molar-refractivity contribution in [2.24, 2.45) is 4.99 Å². The Morgan fingerprint density at radius 3 is 2.36 bits per heavy atom. The summed E-state index contributed by atoms with van der Waals surface area (Å²) in [5.41, 5.74) is 5.79. The molecule has 0 aliphatic carbocycles. The maximum absolute atomic E-state index is 14.3. The van der Waals surface area contributed by atoms with Crippen LogP contribution in [0.25, 0.3) is 22.2 Å². The van der Waals surface area contributed by atoms with Gasteiger partial charge >= 0.3 is 0 Å². The molecule has 0 spiro atoms. The summed E-state index contributed by atoms with van der Waals surface area (Å²) in [6.07, 6.45) is 0. The average Bonchev–Trinajstić information content (AvgIpc) is 3.32. The Balaban J connectivity index is 1.64. The van der Waals surface area contributed by atoms with Crippen molar-refractivity contribution in [2.75, 3.05) is 27.1 Å². The topological polar surface area (TPSA) is 73.2 Å². The summed E-state index contributed by atoms with van der Waals surface area (Å²) in [6, 6.07) is 19.4. The number of rotatable bonds is 6. The molecule has 1 aromatic heterocycles. The van der Waals surface area contributed by atoms with Crippen LogP contribution in [-0.2, 0) is 0 Å². The number of hydrogen-bond donors (Lipinski definition) is 0. The van der Waals surface area contributed by atoms with Crippen molar-refractivity contribution in [2.45, 2.75) is 26.8 Å². The van der Waals surface area contributed by atoms with Gasteiger partial charge < -0.3 is 14.2 Å². The Morgan fingerprint density at radius 2 is 1.69 bits per heavy atom. The molecule has 1 amide bonds. The van der Waals surface area contributed by atoms with Gasteiger partial charge in [-0.2, -0.15) is 0 Å². The number of benzene rings is 3. The van der Waals surface area contributed by atoms with Gasteiger partial charge in [0.1, 0.15) is 0 Å². The molecule has 0 bridgehead atoms. The fourth-order valence-corrected chi connectivity index (χ4v) is 5.90. The van der Waals surface area contributed by atoms with E-state index in [1.165, 1.54) is 5.56 Å². The largest absolute Gasteiger partial charge is 0.493 e. The van der Waals surface area contributed by atoms with Gasteiger partial charge in [0.15, 0.2) is 16.7 Å². The molecule has 3 aromatic carbocycles. The number of thioether (sulfide) groups is 1. The lowest BCUT2D eigenvalue weighted by Crippen LogP contribution is -2.37. The van der Waals surface area contributed by atoms with E-state index in [0.717, 1.165) is 33.5 Å².